The highest BCUT2D eigenvalue weighted by atomic mass is 79.9. The highest BCUT2D eigenvalue weighted by molar-refractivity contribution is 9.10. The number of halogens is 1. The number of aromatic hydroxyl groups is 1. The van der Waals surface area contributed by atoms with E-state index in [1.54, 1.807) is 12.1 Å². The Morgan fingerprint density at radius 1 is 1.12 bits per heavy atom. The molecule has 0 radical (unpaired) electrons. The Labute approximate surface area is 103 Å². The van der Waals surface area contributed by atoms with Gasteiger partial charge in [0.1, 0.15) is 0 Å². The van der Waals surface area contributed by atoms with Crippen molar-refractivity contribution < 1.29 is 9.84 Å². The predicted octanol–water partition coefficient (Wildman–Crippen LogP) is 3.83. The Bertz CT molecular complexity index is 495. The summed E-state index contributed by atoms with van der Waals surface area (Å²) in [5.41, 5.74) is 1.99. The molecule has 0 aliphatic rings. The molecule has 2 rings (SSSR count). The molecule has 82 valence electrons. The molecule has 2 nitrogen and oxygen atoms in total. The topological polar surface area (TPSA) is 29.5 Å². The largest absolute Gasteiger partial charge is 0.504 e. The van der Waals surface area contributed by atoms with Gasteiger partial charge in [-0.05, 0) is 23.3 Å². The standard InChI is InChI=1S/C13H11BrO2/c1-16-13-8-11(14)10(7-12(13)15)9-5-3-2-4-6-9/h2-8,15H,1H3. The minimum atomic E-state index is 0.143. The normalized spacial score (nSPS) is 10.1. The Kier molecular flexibility index (Phi) is 3.15. The van der Waals surface area contributed by atoms with E-state index in [9.17, 15) is 5.11 Å². The van der Waals surface area contributed by atoms with Crippen LogP contribution in [0.3, 0.4) is 0 Å². The van der Waals surface area contributed by atoms with Crippen molar-refractivity contribution in [1.29, 1.82) is 0 Å². The van der Waals surface area contributed by atoms with Crippen LogP contribution in [0, 0.1) is 0 Å². The first kappa shape index (κ1) is 11.0. The Balaban J connectivity index is 2.55. The second-order valence-electron chi connectivity index (χ2n) is 3.37. The van der Waals surface area contributed by atoms with Crippen LogP contribution in [0.15, 0.2) is 46.9 Å². The van der Waals surface area contributed by atoms with Crippen LogP contribution in [0.2, 0.25) is 0 Å². The van der Waals surface area contributed by atoms with Crippen molar-refractivity contribution in [2.24, 2.45) is 0 Å². The molecule has 0 atom stereocenters. The first-order chi connectivity index (χ1) is 7.72. The maximum absolute atomic E-state index is 9.73. The molecule has 0 saturated heterocycles. The van der Waals surface area contributed by atoms with Crippen molar-refractivity contribution in [3.63, 3.8) is 0 Å². The van der Waals surface area contributed by atoms with E-state index in [0.717, 1.165) is 15.6 Å². The van der Waals surface area contributed by atoms with Gasteiger partial charge in [-0.15, -0.1) is 0 Å². The molecular weight excluding hydrogens is 268 g/mol. The number of rotatable bonds is 2. The number of hydrogen-bond acceptors (Lipinski definition) is 2. The van der Waals surface area contributed by atoms with E-state index in [4.69, 9.17) is 4.74 Å². The Morgan fingerprint density at radius 2 is 1.81 bits per heavy atom. The van der Waals surface area contributed by atoms with Crippen molar-refractivity contribution >= 4 is 15.9 Å². The van der Waals surface area contributed by atoms with Gasteiger partial charge in [0.15, 0.2) is 11.5 Å². The second-order valence-corrected chi connectivity index (χ2v) is 4.22. The molecule has 0 heterocycles. The van der Waals surface area contributed by atoms with Crippen molar-refractivity contribution in [2.75, 3.05) is 7.11 Å². The summed E-state index contributed by atoms with van der Waals surface area (Å²) < 4.78 is 5.93. The molecule has 0 fully saturated rings. The van der Waals surface area contributed by atoms with E-state index in [1.165, 1.54) is 7.11 Å². The summed E-state index contributed by atoms with van der Waals surface area (Å²) >= 11 is 3.47. The summed E-state index contributed by atoms with van der Waals surface area (Å²) in [4.78, 5) is 0. The molecule has 0 bridgehead atoms. The molecule has 3 heteroatoms. The number of phenols is 1. The number of methoxy groups -OCH3 is 1. The van der Waals surface area contributed by atoms with Crippen molar-refractivity contribution in [1.82, 2.24) is 0 Å². The smallest absolute Gasteiger partial charge is 0.161 e. The quantitative estimate of drug-likeness (QED) is 0.905. The Morgan fingerprint density at radius 3 is 2.44 bits per heavy atom. The first-order valence-corrected chi connectivity index (χ1v) is 5.63. The zero-order valence-corrected chi connectivity index (χ0v) is 10.4. The third kappa shape index (κ3) is 2.04. The van der Waals surface area contributed by atoms with Crippen LogP contribution in [-0.2, 0) is 0 Å². The van der Waals surface area contributed by atoms with Crippen molar-refractivity contribution in [3.05, 3.63) is 46.9 Å². The van der Waals surface area contributed by atoms with Crippen LogP contribution in [0.25, 0.3) is 11.1 Å². The van der Waals surface area contributed by atoms with E-state index in [1.807, 2.05) is 30.3 Å². The molecule has 16 heavy (non-hydrogen) atoms. The molecule has 1 N–H and O–H groups in total. The lowest BCUT2D eigenvalue weighted by molar-refractivity contribution is 0.373. The number of ether oxygens (including phenoxy) is 1. The van der Waals surface area contributed by atoms with Crippen LogP contribution in [0.5, 0.6) is 11.5 Å². The van der Waals surface area contributed by atoms with Gasteiger partial charge in [0.25, 0.3) is 0 Å². The van der Waals surface area contributed by atoms with Crippen molar-refractivity contribution in [3.8, 4) is 22.6 Å². The average molecular weight is 279 g/mol. The summed E-state index contributed by atoms with van der Waals surface area (Å²) in [5, 5.41) is 9.73. The van der Waals surface area contributed by atoms with Crippen LogP contribution >= 0.6 is 15.9 Å². The van der Waals surface area contributed by atoms with Gasteiger partial charge < -0.3 is 9.84 Å². The summed E-state index contributed by atoms with van der Waals surface area (Å²) in [6.45, 7) is 0. The van der Waals surface area contributed by atoms with E-state index >= 15 is 0 Å². The van der Waals surface area contributed by atoms with Crippen LogP contribution in [-0.4, -0.2) is 12.2 Å². The fourth-order valence-electron chi connectivity index (χ4n) is 1.55. The molecule has 0 spiro atoms. The van der Waals surface area contributed by atoms with Gasteiger partial charge in [-0.2, -0.15) is 0 Å². The number of hydrogen-bond donors (Lipinski definition) is 1. The fourth-order valence-corrected chi connectivity index (χ4v) is 2.10. The molecular formula is C13H11BrO2. The van der Waals surface area contributed by atoms with E-state index in [2.05, 4.69) is 15.9 Å². The van der Waals surface area contributed by atoms with E-state index in [0.29, 0.717) is 5.75 Å². The van der Waals surface area contributed by atoms with Crippen LogP contribution in [0.4, 0.5) is 0 Å². The summed E-state index contributed by atoms with van der Waals surface area (Å²) in [6.07, 6.45) is 0. The maximum atomic E-state index is 9.73. The Hall–Kier alpha value is -1.48. The third-order valence-electron chi connectivity index (χ3n) is 2.35. The third-order valence-corrected chi connectivity index (χ3v) is 3.01. The number of benzene rings is 2. The van der Waals surface area contributed by atoms with Crippen LogP contribution < -0.4 is 4.74 Å². The number of phenolic OH excluding ortho intramolecular Hbond substituents is 1. The zero-order chi connectivity index (χ0) is 11.5. The van der Waals surface area contributed by atoms with Gasteiger partial charge in [0.05, 0.1) is 7.11 Å². The van der Waals surface area contributed by atoms with Gasteiger partial charge in [-0.25, -0.2) is 0 Å². The lowest BCUT2D eigenvalue weighted by Gasteiger charge is -2.09. The lowest BCUT2D eigenvalue weighted by Crippen LogP contribution is -1.86. The van der Waals surface area contributed by atoms with Crippen molar-refractivity contribution in [2.45, 2.75) is 0 Å². The highest BCUT2D eigenvalue weighted by Gasteiger charge is 2.09. The summed E-state index contributed by atoms with van der Waals surface area (Å²) in [6, 6.07) is 13.3. The minimum absolute atomic E-state index is 0.143. The molecule has 0 amide bonds. The van der Waals surface area contributed by atoms with Gasteiger partial charge in [-0.1, -0.05) is 46.3 Å². The summed E-state index contributed by atoms with van der Waals surface area (Å²) in [5.74, 6) is 0.608. The van der Waals surface area contributed by atoms with Crippen LogP contribution in [0.1, 0.15) is 0 Å². The molecule has 0 aromatic heterocycles. The lowest BCUT2D eigenvalue weighted by atomic mass is 10.1. The van der Waals surface area contributed by atoms with E-state index < -0.39 is 0 Å². The van der Waals surface area contributed by atoms with Gasteiger partial charge >= 0.3 is 0 Å². The van der Waals surface area contributed by atoms with E-state index in [-0.39, 0.29) is 5.75 Å². The molecule has 0 unspecified atom stereocenters. The monoisotopic (exact) mass is 278 g/mol. The van der Waals surface area contributed by atoms with Gasteiger partial charge in [-0.3, -0.25) is 0 Å². The average Bonchev–Trinajstić information content (AvgIpc) is 2.32. The maximum Gasteiger partial charge on any atom is 0.161 e. The molecule has 0 aliphatic carbocycles. The molecule has 0 saturated carbocycles. The van der Waals surface area contributed by atoms with Gasteiger partial charge in [0, 0.05) is 4.47 Å². The molecule has 2 aromatic carbocycles. The summed E-state index contributed by atoms with van der Waals surface area (Å²) in [7, 11) is 1.53. The predicted molar refractivity (Wildman–Crippen MR) is 67.8 cm³/mol. The highest BCUT2D eigenvalue weighted by Crippen LogP contribution is 2.37. The minimum Gasteiger partial charge on any atom is -0.504 e. The SMILES string of the molecule is COc1cc(Br)c(-c2ccccc2)cc1O. The first-order valence-electron chi connectivity index (χ1n) is 4.84. The molecule has 2 aromatic rings. The van der Waals surface area contributed by atoms with Gasteiger partial charge in [0.2, 0.25) is 0 Å². The zero-order valence-electron chi connectivity index (χ0n) is 8.77. The second kappa shape index (κ2) is 4.58. The fraction of sp³-hybridized carbons (Fsp3) is 0.0769. The molecule has 0 aliphatic heterocycles.